The number of aryl methyl sites for hydroxylation is 1. The lowest BCUT2D eigenvalue weighted by atomic mass is 9.87. The minimum absolute atomic E-state index is 0.0209. The monoisotopic (exact) mass is 381 g/mol. The predicted molar refractivity (Wildman–Crippen MR) is 113 cm³/mol. The molecule has 1 amide bonds. The molecule has 6 nitrogen and oxygen atoms in total. The van der Waals surface area contributed by atoms with Gasteiger partial charge in [-0.2, -0.15) is 0 Å². The third-order valence-electron chi connectivity index (χ3n) is 5.19. The molecule has 1 aliphatic heterocycles. The van der Waals surface area contributed by atoms with Crippen LogP contribution in [0.3, 0.4) is 0 Å². The summed E-state index contributed by atoms with van der Waals surface area (Å²) in [6.45, 7) is 15.0. The Labute approximate surface area is 168 Å². The van der Waals surface area contributed by atoms with Crippen molar-refractivity contribution < 1.29 is 4.79 Å². The Morgan fingerprint density at radius 1 is 1.07 bits per heavy atom. The number of anilines is 2. The summed E-state index contributed by atoms with van der Waals surface area (Å²) in [6, 6.07) is 10.0. The van der Waals surface area contributed by atoms with Crippen LogP contribution >= 0.6 is 0 Å². The van der Waals surface area contributed by atoms with E-state index < -0.39 is 0 Å². The van der Waals surface area contributed by atoms with Crippen molar-refractivity contribution in [3.63, 3.8) is 0 Å². The topological polar surface area (TPSA) is 61.4 Å². The number of rotatable bonds is 4. The molecule has 2 aromatic rings. The van der Waals surface area contributed by atoms with Crippen LogP contribution in [0.4, 0.5) is 11.6 Å². The molecule has 1 aliphatic rings. The molecule has 2 heterocycles. The van der Waals surface area contributed by atoms with E-state index in [2.05, 4.69) is 60.0 Å². The quantitative estimate of drug-likeness (QED) is 0.877. The highest BCUT2D eigenvalue weighted by Crippen LogP contribution is 2.24. The second kappa shape index (κ2) is 8.27. The van der Waals surface area contributed by atoms with Crippen LogP contribution in [0.2, 0.25) is 0 Å². The SMILES string of the molecule is CCN1CCN(C(=O)c2cc(C)nc(Nc3ccc(C(C)(C)C)cc3)n2)CC1. The summed E-state index contributed by atoms with van der Waals surface area (Å²) in [5, 5.41) is 3.24. The van der Waals surface area contributed by atoms with Gasteiger partial charge >= 0.3 is 0 Å². The van der Waals surface area contributed by atoms with Crippen LogP contribution in [0.15, 0.2) is 30.3 Å². The zero-order valence-electron chi connectivity index (χ0n) is 17.6. The minimum atomic E-state index is -0.0209. The number of nitrogens with zero attached hydrogens (tertiary/aromatic N) is 4. The molecule has 0 spiro atoms. The average Bonchev–Trinajstić information content (AvgIpc) is 2.67. The molecule has 6 heteroatoms. The van der Waals surface area contributed by atoms with Crippen molar-refractivity contribution in [1.29, 1.82) is 0 Å². The molecule has 0 aliphatic carbocycles. The summed E-state index contributed by atoms with van der Waals surface area (Å²) in [5.41, 5.74) is 3.52. The van der Waals surface area contributed by atoms with Crippen LogP contribution in [0.5, 0.6) is 0 Å². The Bertz CT molecular complexity index is 818. The normalized spacial score (nSPS) is 15.5. The van der Waals surface area contributed by atoms with E-state index in [0.717, 1.165) is 44.1 Å². The molecule has 28 heavy (non-hydrogen) atoms. The average molecular weight is 382 g/mol. The van der Waals surface area contributed by atoms with E-state index in [0.29, 0.717) is 11.6 Å². The van der Waals surface area contributed by atoms with E-state index in [9.17, 15) is 4.79 Å². The Morgan fingerprint density at radius 2 is 1.71 bits per heavy atom. The van der Waals surface area contributed by atoms with E-state index in [-0.39, 0.29) is 11.3 Å². The van der Waals surface area contributed by atoms with Gasteiger partial charge in [0.05, 0.1) is 0 Å². The summed E-state index contributed by atoms with van der Waals surface area (Å²) in [5.74, 6) is 0.437. The van der Waals surface area contributed by atoms with Gasteiger partial charge in [-0.25, -0.2) is 9.97 Å². The molecule has 1 aromatic carbocycles. The second-order valence-corrected chi connectivity index (χ2v) is 8.40. The predicted octanol–water partition coefficient (Wildman–Crippen LogP) is 3.60. The highest BCUT2D eigenvalue weighted by molar-refractivity contribution is 5.92. The standard InChI is InChI=1S/C22H31N5O/c1-6-26-11-13-27(14-12-26)20(28)19-15-16(2)23-21(25-19)24-18-9-7-17(8-10-18)22(3,4)5/h7-10,15H,6,11-14H2,1-5H3,(H,23,24,25). The third kappa shape index (κ3) is 4.87. The van der Waals surface area contributed by atoms with Gasteiger partial charge in [0.1, 0.15) is 5.69 Å². The van der Waals surface area contributed by atoms with Gasteiger partial charge in [-0.3, -0.25) is 4.79 Å². The Balaban J connectivity index is 1.73. The number of piperazine rings is 1. The number of likely N-dealkylation sites (N-methyl/N-ethyl adjacent to an activating group) is 1. The maximum Gasteiger partial charge on any atom is 0.272 e. The maximum atomic E-state index is 12.9. The third-order valence-corrected chi connectivity index (χ3v) is 5.19. The van der Waals surface area contributed by atoms with Crippen molar-refractivity contribution >= 4 is 17.5 Å². The Kier molecular flexibility index (Phi) is 5.98. The van der Waals surface area contributed by atoms with E-state index in [1.54, 1.807) is 6.07 Å². The first-order valence-corrected chi connectivity index (χ1v) is 10.0. The van der Waals surface area contributed by atoms with Crippen molar-refractivity contribution in [1.82, 2.24) is 19.8 Å². The Hall–Kier alpha value is -2.47. The van der Waals surface area contributed by atoms with Crippen LogP contribution in [0, 0.1) is 6.92 Å². The molecule has 1 saturated heterocycles. The molecule has 3 rings (SSSR count). The molecular formula is C22H31N5O. The number of aromatic nitrogens is 2. The molecule has 150 valence electrons. The van der Waals surface area contributed by atoms with Gasteiger partial charge in [0.2, 0.25) is 5.95 Å². The summed E-state index contributed by atoms with van der Waals surface area (Å²) in [6.07, 6.45) is 0. The summed E-state index contributed by atoms with van der Waals surface area (Å²) in [7, 11) is 0. The van der Waals surface area contributed by atoms with Gasteiger partial charge in [0.15, 0.2) is 0 Å². The van der Waals surface area contributed by atoms with Crippen molar-refractivity contribution in [2.24, 2.45) is 0 Å². The van der Waals surface area contributed by atoms with E-state index in [1.807, 2.05) is 24.0 Å². The first-order chi connectivity index (χ1) is 13.3. The lowest BCUT2D eigenvalue weighted by molar-refractivity contribution is 0.0637. The van der Waals surface area contributed by atoms with Gasteiger partial charge in [0, 0.05) is 37.6 Å². The van der Waals surface area contributed by atoms with Gasteiger partial charge < -0.3 is 15.1 Å². The molecular weight excluding hydrogens is 350 g/mol. The fourth-order valence-electron chi connectivity index (χ4n) is 3.35. The largest absolute Gasteiger partial charge is 0.335 e. The van der Waals surface area contributed by atoms with Crippen molar-refractivity contribution in [3.8, 4) is 0 Å². The second-order valence-electron chi connectivity index (χ2n) is 8.40. The van der Waals surface area contributed by atoms with Crippen LogP contribution in [-0.2, 0) is 5.41 Å². The van der Waals surface area contributed by atoms with E-state index in [4.69, 9.17) is 0 Å². The van der Waals surface area contributed by atoms with Crippen molar-refractivity contribution in [3.05, 3.63) is 47.3 Å². The van der Waals surface area contributed by atoms with Gasteiger partial charge in [-0.05, 0) is 42.6 Å². The number of amides is 1. The molecule has 0 bridgehead atoms. The smallest absolute Gasteiger partial charge is 0.272 e. The van der Waals surface area contributed by atoms with E-state index in [1.165, 1.54) is 5.56 Å². The summed E-state index contributed by atoms with van der Waals surface area (Å²) in [4.78, 5) is 26.1. The highest BCUT2D eigenvalue weighted by Gasteiger charge is 2.23. The first kappa shape index (κ1) is 20.3. The zero-order valence-corrected chi connectivity index (χ0v) is 17.6. The van der Waals surface area contributed by atoms with Crippen LogP contribution in [0.1, 0.15) is 49.4 Å². The molecule has 0 unspecified atom stereocenters. The van der Waals surface area contributed by atoms with Gasteiger partial charge in [-0.15, -0.1) is 0 Å². The molecule has 1 N–H and O–H groups in total. The summed E-state index contributed by atoms with van der Waals surface area (Å²) < 4.78 is 0. The van der Waals surface area contributed by atoms with Crippen LogP contribution in [-0.4, -0.2) is 58.4 Å². The number of carbonyl (C=O) groups is 1. The summed E-state index contributed by atoms with van der Waals surface area (Å²) >= 11 is 0. The van der Waals surface area contributed by atoms with Crippen molar-refractivity contribution in [2.75, 3.05) is 38.0 Å². The number of nitrogens with one attached hydrogen (secondary N) is 1. The molecule has 1 fully saturated rings. The lowest BCUT2D eigenvalue weighted by Gasteiger charge is -2.33. The maximum absolute atomic E-state index is 12.9. The number of carbonyl (C=O) groups excluding carboxylic acids is 1. The molecule has 1 aromatic heterocycles. The molecule has 0 atom stereocenters. The fraction of sp³-hybridized carbons (Fsp3) is 0.500. The first-order valence-electron chi connectivity index (χ1n) is 10.0. The minimum Gasteiger partial charge on any atom is -0.335 e. The fourth-order valence-corrected chi connectivity index (χ4v) is 3.35. The van der Waals surface area contributed by atoms with Gasteiger partial charge in [-0.1, -0.05) is 39.8 Å². The van der Waals surface area contributed by atoms with Crippen molar-refractivity contribution in [2.45, 2.75) is 40.0 Å². The number of hydrogen-bond donors (Lipinski definition) is 1. The lowest BCUT2D eigenvalue weighted by Crippen LogP contribution is -2.48. The highest BCUT2D eigenvalue weighted by atomic mass is 16.2. The van der Waals surface area contributed by atoms with Crippen LogP contribution in [0.25, 0.3) is 0 Å². The molecule has 0 saturated carbocycles. The Morgan fingerprint density at radius 3 is 2.29 bits per heavy atom. The number of benzene rings is 1. The van der Waals surface area contributed by atoms with Crippen LogP contribution < -0.4 is 5.32 Å². The molecule has 0 radical (unpaired) electrons. The van der Waals surface area contributed by atoms with E-state index >= 15 is 0 Å². The zero-order chi connectivity index (χ0) is 20.3. The van der Waals surface area contributed by atoms with Gasteiger partial charge in [0.25, 0.3) is 5.91 Å². The number of hydrogen-bond acceptors (Lipinski definition) is 5.